The van der Waals surface area contributed by atoms with Gasteiger partial charge < -0.3 is 4.90 Å². The molecule has 0 N–H and O–H groups in total. The molecule has 2 aliphatic rings. The smallest absolute Gasteiger partial charge is 0.339 e. The maximum absolute atomic E-state index is 12.5. The van der Waals surface area contributed by atoms with E-state index in [-0.39, 0.29) is 12.6 Å². The molecule has 1 aliphatic heterocycles. The summed E-state index contributed by atoms with van der Waals surface area (Å²) in [5.74, 6) is 0.791. The highest BCUT2D eigenvalue weighted by Crippen LogP contribution is 2.32. The van der Waals surface area contributed by atoms with Gasteiger partial charge in [0.1, 0.15) is 5.65 Å². The van der Waals surface area contributed by atoms with Crippen LogP contribution in [0.1, 0.15) is 42.3 Å². The first-order valence-electron chi connectivity index (χ1n) is 11.9. The van der Waals surface area contributed by atoms with E-state index in [0.717, 1.165) is 36.6 Å². The zero-order valence-electron chi connectivity index (χ0n) is 19.4. The van der Waals surface area contributed by atoms with Crippen LogP contribution in [0.5, 0.6) is 0 Å². The molecule has 1 atom stereocenters. The van der Waals surface area contributed by atoms with E-state index >= 15 is 0 Å². The van der Waals surface area contributed by atoms with Crippen molar-refractivity contribution < 1.29 is 13.2 Å². The number of hydrogen-bond acceptors (Lipinski definition) is 6. The summed E-state index contributed by atoms with van der Waals surface area (Å²) in [4.78, 5) is 20.4. The van der Waals surface area contributed by atoms with Crippen molar-refractivity contribution in [1.82, 2.24) is 29.2 Å². The Morgan fingerprint density at radius 2 is 1.91 bits per heavy atom. The lowest BCUT2D eigenvalue weighted by atomic mass is 9.91. The summed E-state index contributed by atoms with van der Waals surface area (Å²) in [6.07, 6.45) is 4.10. The van der Waals surface area contributed by atoms with Crippen molar-refractivity contribution in [3.05, 3.63) is 53.7 Å². The molecule has 0 bridgehead atoms. The van der Waals surface area contributed by atoms with E-state index in [1.54, 1.807) is 6.20 Å². The molecule has 182 valence electrons. The fourth-order valence-electron chi connectivity index (χ4n) is 5.10. The average Bonchev–Trinajstić information content (AvgIpc) is 3.24. The SMILES string of the molecule is CN(Cc1cn2c(N3CCN(CCC(F)(F)F)CC3)nccc2n1)[C@H]1CCCc2cccnc21. The van der Waals surface area contributed by atoms with Crippen LogP contribution in [-0.4, -0.2) is 75.1 Å². The van der Waals surface area contributed by atoms with Crippen LogP contribution in [0, 0.1) is 0 Å². The van der Waals surface area contributed by atoms with Crippen molar-refractivity contribution in [2.45, 2.75) is 44.4 Å². The number of anilines is 1. The van der Waals surface area contributed by atoms with Crippen LogP contribution < -0.4 is 4.90 Å². The van der Waals surface area contributed by atoms with Gasteiger partial charge in [-0.25, -0.2) is 9.97 Å². The summed E-state index contributed by atoms with van der Waals surface area (Å²) in [5, 5.41) is 0. The lowest BCUT2D eigenvalue weighted by Gasteiger charge is -2.35. The maximum Gasteiger partial charge on any atom is 0.390 e. The van der Waals surface area contributed by atoms with Crippen LogP contribution in [-0.2, 0) is 13.0 Å². The molecule has 5 rings (SSSR count). The molecule has 0 radical (unpaired) electrons. The second kappa shape index (κ2) is 9.50. The van der Waals surface area contributed by atoms with Crippen LogP contribution in [0.4, 0.5) is 19.1 Å². The van der Waals surface area contributed by atoms with E-state index in [9.17, 15) is 13.2 Å². The number of imidazole rings is 1. The predicted octanol–water partition coefficient (Wildman–Crippen LogP) is 3.71. The predicted molar refractivity (Wildman–Crippen MR) is 124 cm³/mol. The van der Waals surface area contributed by atoms with Gasteiger partial charge in [0.15, 0.2) is 0 Å². The van der Waals surface area contributed by atoms with Gasteiger partial charge in [-0.3, -0.25) is 19.2 Å². The second-order valence-corrected chi connectivity index (χ2v) is 9.27. The van der Waals surface area contributed by atoms with Gasteiger partial charge in [-0.2, -0.15) is 13.2 Å². The Balaban J connectivity index is 1.27. The Hall–Kier alpha value is -2.72. The minimum Gasteiger partial charge on any atom is -0.339 e. The van der Waals surface area contributed by atoms with Crippen molar-refractivity contribution in [2.24, 2.45) is 0 Å². The summed E-state index contributed by atoms with van der Waals surface area (Å²) in [6.45, 7) is 3.21. The summed E-state index contributed by atoms with van der Waals surface area (Å²) < 4.78 is 39.6. The average molecular weight is 474 g/mol. The third kappa shape index (κ3) is 5.02. The number of pyridine rings is 1. The highest BCUT2D eigenvalue weighted by Gasteiger charge is 2.29. The van der Waals surface area contributed by atoms with Crippen molar-refractivity contribution in [3.8, 4) is 0 Å². The minimum absolute atomic E-state index is 0.0513. The summed E-state index contributed by atoms with van der Waals surface area (Å²) in [5.41, 5.74) is 4.30. The Bertz CT molecular complexity index is 1120. The number of rotatable bonds is 6. The van der Waals surface area contributed by atoms with E-state index in [2.05, 4.69) is 32.9 Å². The molecule has 1 aliphatic carbocycles. The van der Waals surface area contributed by atoms with Gasteiger partial charge in [0.25, 0.3) is 0 Å². The maximum atomic E-state index is 12.5. The molecule has 0 spiro atoms. The minimum atomic E-state index is -4.11. The molecule has 3 aromatic rings. The first-order chi connectivity index (χ1) is 16.4. The van der Waals surface area contributed by atoms with Crippen LogP contribution in [0.2, 0.25) is 0 Å². The van der Waals surface area contributed by atoms with Crippen molar-refractivity contribution >= 4 is 11.6 Å². The number of aromatic nitrogens is 4. The number of aryl methyl sites for hydroxylation is 1. The highest BCUT2D eigenvalue weighted by atomic mass is 19.4. The van der Waals surface area contributed by atoms with Crippen LogP contribution in [0.3, 0.4) is 0 Å². The zero-order valence-corrected chi connectivity index (χ0v) is 19.4. The lowest BCUT2D eigenvalue weighted by molar-refractivity contribution is -0.138. The Morgan fingerprint density at radius 3 is 2.71 bits per heavy atom. The number of halogens is 3. The summed E-state index contributed by atoms with van der Waals surface area (Å²) in [6, 6.07) is 6.35. The Morgan fingerprint density at radius 1 is 1.09 bits per heavy atom. The largest absolute Gasteiger partial charge is 0.390 e. The normalized spacial score (nSPS) is 19.7. The molecule has 10 heteroatoms. The molecule has 0 aromatic carbocycles. The molecule has 0 saturated carbocycles. The van der Waals surface area contributed by atoms with Gasteiger partial charge >= 0.3 is 6.18 Å². The molecule has 34 heavy (non-hydrogen) atoms. The van der Waals surface area contributed by atoms with Crippen molar-refractivity contribution in [2.75, 3.05) is 44.7 Å². The fourth-order valence-corrected chi connectivity index (χ4v) is 5.10. The molecule has 1 saturated heterocycles. The lowest BCUT2D eigenvalue weighted by Crippen LogP contribution is -2.48. The Labute approximate surface area is 197 Å². The first-order valence-corrected chi connectivity index (χ1v) is 11.9. The molecular weight excluding hydrogens is 443 g/mol. The number of nitrogens with zero attached hydrogens (tertiary/aromatic N) is 7. The standard InChI is InChI=1S/C24H30F3N7/c1-31(20-6-2-4-18-5-3-9-28-22(18)20)16-19-17-34-21(30-19)7-10-29-23(34)33-14-12-32(13-15-33)11-8-24(25,26)27/h3,5,7,9-10,17,20H,2,4,6,8,11-16H2,1H3/t20-/m0/s1. The van der Waals surface area contributed by atoms with Gasteiger partial charge in [-0.1, -0.05) is 6.07 Å². The molecule has 4 heterocycles. The molecule has 3 aromatic heterocycles. The van der Waals surface area contributed by atoms with E-state index in [4.69, 9.17) is 4.98 Å². The van der Waals surface area contributed by atoms with E-state index in [0.29, 0.717) is 32.7 Å². The molecule has 7 nitrogen and oxygen atoms in total. The Kier molecular flexibility index (Phi) is 6.44. The molecular formula is C24H30F3N7. The molecule has 1 fully saturated rings. The van der Waals surface area contributed by atoms with Crippen LogP contribution in [0.25, 0.3) is 5.65 Å². The second-order valence-electron chi connectivity index (χ2n) is 9.27. The molecule has 0 amide bonds. The van der Waals surface area contributed by atoms with Gasteiger partial charge in [0, 0.05) is 57.9 Å². The molecule has 0 unspecified atom stereocenters. The number of fused-ring (bicyclic) bond motifs is 2. The van der Waals surface area contributed by atoms with Crippen LogP contribution in [0.15, 0.2) is 36.8 Å². The third-order valence-electron chi connectivity index (χ3n) is 6.89. The first kappa shape index (κ1) is 23.0. The quantitative estimate of drug-likeness (QED) is 0.544. The summed E-state index contributed by atoms with van der Waals surface area (Å²) in [7, 11) is 2.12. The number of piperazine rings is 1. The number of alkyl halides is 3. The van der Waals surface area contributed by atoms with Gasteiger partial charge in [0.2, 0.25) is 5.95 Å². The van der Waals surface area contributed by atoms with Gasteiger partial charge in [0.05, 0.1) is 23.9 Å². The van der Waals surface area contributed by atoms with Crippen molar-refractivity contribution in [3.63, 3.8) is 0 Å². The topological polar surface area (TPSA) is 52.8 Å². The summed E-state index contributed by atoms with van der Waals surface area (Å²) >= 11 is 0. The zero-order chi connectivity index (χ0) is 23.7. The van der Waals surface area contributed by atoms with Crippen LogP contribution >= 0.6 is 0 Å². The number of hydrogen-bond donors (Lipinski definition) is 0. The van der Waals surface area contributed by atoms with E-state index < -0.39 is 12.6 Å². The van der Waals surface area contributed by atoms with Gasteiger partial charge in [-0.15, -0.1) is 0 Å². The van der Waals surface area contributed by atoms with Crippen molar-refractivity contribution in [1.29, 1.82) is 0 Å². The van der Waals surface area contributed by atoms with Gasteiger partial charge in [-0.05, 0) is 44.0 Å². The highest BCUT2D eigenvalue weighted by molar-refractivity contribution is 5.48. The monoisotopic (exact) mass is 473 g/mol. The fraction of sp³-hybridized carbons (Fsp3) is 0.542. The van der Waals surface area contributed by atoms with E-state index in [1.807, 2.05) is 33.8 Å². The van der Waals surface area contributed by atoms with E-state index in [1.165, 1.54) is 11.3 Å². The third-order valence-corrected chi connectivity index (χ3v) is 6.89.